The van der Waals surface area contributed by atoms with Crippen LogP contribution in [0.4, 0.5) is 11.4 Å². The van der Waals surface area contributed by atoms with E-state index in [-0.39, 0.29) is 18.4 Å². The van der Waals surface area contributed by atoms with Crippen molar-refractivity contribution in [3.63, 3.8) is 0 Å². The first-order valence-corrected chi connectivity index (χ1v) is 11.2. The lowest BCUT2D eigenvalue weighted by atomic mass is 10.1. The summed E-state index contributed by atoms with van der Waals surface area (Å²) in [7, 11) is 1.78. The maximum Gasteiger partial charge on any atom is 0.253 e. The quantitative estimate of drug-likeness (QED) is 0.399. The molecular formula is C27H31N3O3. The molecule has 0 aliphatic carbocycles. The van der Waals surface area contributed by atoms with Crippen molar-refractivity contribution in [2.75, 3.05) is 30.8 Å². The number of carbonyl (C=O) groups is 2. The third kappa shape index (κ3) is 7.38. The summed E-state index contributed by atoms with van der Waals surface area (Å²) in [5.74, 6) is 0.387. The van der Waals surface area contributed by atoms with Gasteiger partial charge in [0.2, 0.25) is 5.91 Å². The smallest absolute Gasteiger partial charge is 0.253 e. The van der Waals surface area contributed by atoms with Gasteiger partial charge in [-0.2, -0.15) is 0 Å². The number of anilines is 2. The van der Waals surface area contributed by atoms with E-state index in [9.17, 15) is 9.59 Å². The molecule has 6 nitrogen and oxygen atoms in total. The van der Waals surface area contributed by atoms with Gasteiger partial charge >= 0.3 is 0 Å². The molecule has 0 aliphatic rings. The summed E-state index contributed by atoms with van der Waals surface area (Å²) in [6, 6.07) is 24.4. The summed E-state index contributed by atoms with van der Waals surface area (Å²) in [6.45, 7) is 3.31. The van der Waals surface area contributed by atoms with E-state index < -0.39 is 0 Å². The van der Waals surface area contributed by atoms with Crippen molar-refractivity contribution in [1.29, 1.82) is 0 Å². The van der Waals surface area contributed by atoms with E-state index in [4.69, 9.17) is 4.74 Å². The number of hydrogen-bond acceptors (Lipinski definition) is 4. The zero-order valence-electron chi connectivity index (χ0n) is 19.2. The van der Waals surface area contributed by atoms with Crippen LogP contribution in [0.1, 0.15) is 35.7 Å². The summed E-state index contributed by atoms with van der Waals surface area (Å²) >= 11 is 0. The summed E-state index contributed by atoms with van der Waals surface area (Å²) in [6.07, 6.45) is 2.00. The highest BCUT2D eigenvalue weighted by Gasteiger charge is 2.13. The van der Waals surface area contributed by atoms with Gasteiger partial charge in [-0.1, -0.05) is 61.9 Å². The van der Waals surface area contributed by atoms with Gasteiger partial charge in [0.15, 0.2) is 0 Å². The van der Waals surface area contributed by atoms with Gasteiger partial charge in [-0.25, -0.2) is 0 Å². The summed E-state index contributed by atoms with van der Waals surface area (Å²) in [4.78, 5) is 27.0. The van der Waals surface area contributed by atoms with Gasteiger partial charge in [-0.15, -0.1) is 0 Å². The molecule has 0 spiro atoms. The summed E-state index contributed by atoms with van der Waals surface area (Å²) < 4.78 is 5.77. The molecule has 0 unspecified atom stereocenters. The monoisotopic (exact) mass is 445 g/mol. The van der Waals surface area contributed by atoms with Gasteiger partial charge in [0, 0.05) is 24.8 Å². The van der Waals surface area contributed by atoms with E-state index in [1.165, 1.54) is 0 Å². The molecule has 33 heavy (non-hydrogen) atoms. The molecule has 0 bridgehead atoms. The average molecular weight is 446 g/mol. The molecular weight excluding hydrogens is 414 g/mol. The Bertz CT molecular complexity index is 1050. The first-order chi connectivity index (χ1) is 16.1. The van der Waals surface area contributed by atoms with Crippen LogP contribution in [0.15, 0.2) is 78.9 Å². The predicted octanol–water partition coefficient (Wildman–Crippen LogP) is 5.19. The molecule has 3 aromatic rings. The molecule has 2 N–H and O–H groups in total. The fraction of sp³-hybridized carbons (Fsp3) is 0.259. The molecule has 0 saturated heterocycles. The number of hydrogen-bond donors (Lipinski definition) is 2. The van der Waals surface area contributed by atoms with Gasteiger partial charge < -0.3 is 20.3 Å². The Kier molecular flexibility index (Phi) is 8.88. The second kappa shape index (κ2) is 12.3. The molecule has 0 fully saturated rings. The first-order valence-electron chi connectivity index (χ1n) is 11.2. The molecule has 2 amide bonds. The minimum absolute atomic E-state index is 0.0702. The number of para-hydroxylation sites is 2. The summed E-state index contributed by atoms with van der Waals surface area (Å²) in [5.41, 5.74) is 2.98. The highest BCUT2D eigenvalue weighted by molar-refractivity contribution is 5.96. The Morgan fingerprint density at radius 1 is 0.939 bits per heavy atom. The highest BCUT2D eigenvalue weighted by Crippen LogP contribution is 2.24. The second-order valence-electron chi connectivity index (χ2n) is 7.83. The molecule has 0 saturated carbocycles. The molecule has 0 aromatic heterocycles. The molecule has 172 valence electrons. The minimum atomic E-state index is -0.195. The zero-order chi connectivity index (χ0) is 23.5. The lowest BCUT2D eigenvalue weighted by Gasteiger charge is -2.18. The molecule has 6 heteroatoms. The summed E-state index contributed by atoms with van der Waals surface area (Å²) in [5, 5.41) is 5.99. The van der Waals surface area contributed by atoms with Crippen LogP contribution in [0.25, 0.3) is 0 Å². The van der Waals surface area contributed by atoms with Crippen LogP contribution in [0, 0.1) is 0 Å². The maximum absolute atomic E-state index is 12.8. The van der Waals surface area contributed by atoms with Crippen LogP contribution < -0.4 is 15.4 Å². The van der Waals surface area contributed by atoms with Crippen LogP contribution in [0.2, 0.25) is 0 Å². The average Bonchev–Trinajstić information content (AvgIpc) is 2.84. The fourth-order valence-electron chi connectivity index (χ4n) is 3.31. The number of unbranched alkanes of at least 4 members (excludes halogenated alkanes) is 1. The first kappa shape index (κ1) is 23.9. The van der Waals surface area contributed by atoms with Gasteiger partial charge in [0.05, 0.1) is 18.8 Å². The number of rotatable bonds is 11. The lowest BCUT2D eigenvalue weighted by Crippen LogP contribution is -2.26. The molecule has 3 aromatic carbocycles. The van der Waals surface area contributed by atoms with Crippen molar-refractivity contribution in [3.8, 4) is 5.75 Å². The SMILES string of the molecule is CCCCOc1ccccc1NC(=O)CNc1cccc(C(=O)N(C)Cc2ccccc2)c1. The Morgan fingerprint density at radius 2 is 1.70 bits per heavy atom. The number of benzene rings is 3. The predicted molar refractivity (Wildman–Crippen MR) is 133 cm³/mol. The second-order valence-corrected chi connectivity index (χ2v) is 7.83. The standard InChI is InChI=1S/C27H31N3O3/c1-3-4-17-33-25-16-9-8-15-24(25)29-26(31)19-28-23-14-10-13-22(18-23)27(32)30(2)20-21-11-6-5-7-12-21/h5-16,18,28H,3-4,17,19-20H2,1-2H3,(H,29,31). The molecule has 0 radical (unpaired) electrons. The molecule has 0 aliphatic heterocycles. The van der Waals surface area contributed by atoms with Crippen LogP contribution in [0.5, 0.6) is 5.75 Å². The van der Waals surface area contributed by atoms with E-state index >= 15 is 0 Å². The van der Waals surface area contributed by atoms with Crippen LogP contribution in [-0.2, 0) is 11.3 Å². The van der Waals surface area contributed by atoms with E-state index in [2.05, 4.69) is 17.6 Å². The zero-order valence-corrected chi connectivity index (χ0v) is 19.2. The van der Waals surface area contributed by atoms with Gasteiger partial charge in [0.25, 0.3) is 5.91 Å². The van der Waals surface area contributed by atoms with Crippen LogP contribution in [0.3, 0.4) is 0 Å². The van der Waals surface area contributed by atoms with Crippen molar-refractivity contribution < 1.29 is 14.3 Å². The number of nitrogens with one attached hydrogen (secondary N) is 2. The van der Waals surface area contributed by atoms with E-state index in [0.717, 1.165) is 18.4 Å². The highest BCUT2D eigenvalue weighted by atomic mass is 16.5. The largest absolute Gasteiger partial charge is 0.491 e. The Morgan fingerprint density at radius 3 is 2.48 bits per heavy atom. The van der Waals surface area contributed by atoms with Crippen LogP contribution in [-0.4, -0.2) is 36.9 Å². The minimum Gasteiger partial charge on any atom is -0.491 e. The molecule has 3 rings (SSSR count). The third-order valence-electron chi connectivity index (χ3n) is 5.09. The molecule has 0 heterocycles. The Balaban J connectivity index is 1.55. The number of nitrogens with zero attached hydrogens (tertiary/aromatic N) is 1. The number of ether oxygens (including phenoxy) is 1. The van der Waals surface area contributed by atoms with Crippen molar-refractivity contribution in [3.05, 3.63) is 90.0 Å². The molecule has 0 atom stereocenters. The van der Waals surface area contributed by atoms with Crippen LogP contribution >= 0.6 is 0 Å². The third-order valence-corrected chi connectivity index (χ3v) is 5.09. The van der Waals surface area contributed by atoms with Crippen molar-refractivity contribution >= 4 is 23.2 Å². The van der Waals surface area contributed by atoms with Crippen molar-refractivity contribution in [1.82, 2.24) is 4.90 Å². The van der Waals surface area contributed by atoms with Gasteiger partial charge in [-0.3, -0.25) is 9.59 Å². The Labute approximate surface area is 195 Å². The van der Waals surface area contributed by atoms with Gasteiger partial charge in [-0.05, 0) is 42.3 Å². The van der Waals surface area contributed by atoms with Gasteiger partial charge in [0.1, 0.15) is 5.75 Å². The fourth-order valence-corrected chi connectivity index (χ4v) is 3.31. The van der Waals surface area contributed by atoms with Crippen molar-refractivity contribution in [2.24, 2.45) is 0 Å². The van der Waals surface area contributed by atoms with E-state index in [1.54, 1.807) is 30.1 Å². The topological polar surface area (TPSA) is 70.7 Å². The number of amides is 2. The lowest BCUT2D eigenvalue weighted by molar-refractivity contribution is -0.114. The Hall–Kier alpha value is -3.80. The maximum atomic E-state index is 12.8. The van der Waals surface area contributed by atoms with Crippen molar-refractivity contribution in [2.45, 2.75) is 26.3 Å². The van der Waals surface area contributed by atoms with E-state index in [0.29, 0.717) is 35.8 Å². The normalized spacial score (nSPS) is 10.4. The van der Waals surface area contributed by atoms with E-state index in [1.807, 2.05) is 60.7 Å². The number of carbonyl (C=O) groups excluding carboxylic acids is 2.